The van der Waals surface area contributed by atoms with Gasteiger partial charge in [-0.25, -0.2) is 0 Å². The first-order chi connectivity index (χ1) is 4.59. The Morgan fingerprint density at radius 2 is 1.45 bits per heavy atom. The zero-order valence-corrected chi connectivity index (χ0v) is 7.04. The van der Waals surface area contributed by atoms with E-state index in [9.17, 15) is 19.8 Å². The van der Waals surface area contributed by atoms with Crippen LogP contribution in [0.15, 0.2) is 0 Å². The summed E-state index contributed by atoms with van der Waals surface area (Å²) in [4.78, 5) is 20.4. The average Bonchev–Trinajstić information content (AvgIpc) is 1.57. The van der Waals surface area contributed by atoms with Crippen LogP contribution in [0.3, 0.4) is 0 Å². The van der Waals surface area contributed by atoms with E-state index >= 15 is 0 Å². The van der Waals surface area contributed by atoms with E-state index in [0.29, 0.717) is 6.42 Å². The Labute approximate surface area is 79.1 Å². The van der Waals surface area contributed by atoms with Crippen molar-refractivity contribution in [1.82, 2.24) is 0 Å². The Morgan fingerprint density at radius 3 is 1.45 bits per heavy atom. The largest absolute Gasteiger partial charge is 0.549 e. The van der Waals surface area contributed by atoms with E-state index in [1.165, 1.54) is 0 Å². The fourth-order valence-electron chi connectivity index (χ4n) is 1.02. The molecule has 0 amide bonds. The molecule has 0 bridgehead atoms. The summed E-state index contributed by atoms with van der Waals surface area (Å²) in [5.41, 5.74) is -1.67. The van der Waals surface area contributed by atoms with Crippen molar-refractivity contribution in [3.05, 3.63) is 0 Å². The molecule has 1 saturated carbocycles. The molecule has 0 aromatic heterocycles. The van der Waals surface area contributed by atoms with Crippen molar-refractivity contribution >= 4 is 11.9 Å². The van der Waals surface area contributed by atoms with Crippen LogP contribution in [0.2, 0.25) is 0 Å². The first kappa shape index (κ1) is 10.7. The topological polar surface area (TPSA) is 80.3 Å². The molecule has 5 heteroatoms. The molecular formula is C6H6AgO4-2. The van der Waals surface area contributed by atoms with Crippen LogP contribution in [0.4, 0.5) is 0 Å². The van der Waals surface area contributed by atoms with Gasteiger partial charge in [-0.3, -0.25) is 0 Å². The molecule has 4 nitrogen and oxygen atoms in total. The number of rotatable bonds is 2. The van der Waals surface area contributed by atoms with Gasteiger partial charge in [-0.15, -0.1) is 0 Å². The molecule has 11 heavy (non-hydrogen) atoms. The summed E-state index contributed by atoms with van der Waals surface area (Å²) in [6, 6.07) is 0. The molecule has 1 fully saturated rings. The minimum atomic E-state index is -1.67. The van der Waals surface area contributed by atoms with Gasteiger partial charge in [0.15, 0.2) is 0 Å². The Bertz CT molecular complexity index is 169. The third kappa shape index (κ3) is 1.47. The molecule has 0 aromatic carbocycles. The summed E-state index contributed by atoms with van der Waals surface area (Å²) in [5.74, 6) is -3.03. The van der Waals surface area contributed by atoms with Gasteiger partial charge in [-0.05, 0) is 12.8 Å². The molecule has 1 aliphatic rings. The molecule has 67 valence electrons. The molecule has 1 radical (unpaired) electrons. The molecule has 0 aromatic rings. The second-order valence-corrected chi connectivity index (χ2v) is 2.51. The van der Waals surface area contributed by atoms with Crippen LogP contribution in [-0.2, 0) is 32.0 Å². The van der Waals surface area contributed by atoms with Crippen LogP contribution in [0, 0.1) is 5.41 Å². The van der Waals surface area contributed by atoms with E-state index in [4.69, 9.17) is 0 Å². The van der Waals surface area contributed by atoms with Crippen molar-refractivity contribution in [2.24, 2.45) is 5.41 Å². The van der Waals surface area contributed by atoms with Crippen molar-refractivity contribution in [3.63, 3.8) is 0 Å². The van der Waals surface area contributed by atoms with Gasteiger partial charge < -0.3 is 19.8 Å². The van der Waals surface area contributed by atoms with Crippen molar-refractivity contribution in [2.75, 3.05) is 0 Å². The maximum atomic E-state index is 10.2. The second-order valence-electron chi connectivity index (χ2n) is 2.51. The molecular weight excluding hydrogens is 244 g/mol. The van der Waals surface area contributed by atoms with Crippen LogP contribution in [-0.4, -0.2) is 11.9 Å². The van der Waals surface area contributed by atoms with Crippen molar-refractivity contribution in [3.8, 4) is 0 Å². The molecule has 0 N–H and O–H groups in total. The SMILES string of the molecule is O=C([O-])C1(C(=O)[O-])CCC1.[Ag]. The van der Waals surface area contributed by atoms with Gasteiger partial charge in [-0.1, -0.05) is 6.42 Å². The van der Waals surface area contributed by atoms with E-state index in [-0.39, 0.29) is 35.2 Å². The van der Waals surface area contributed by atoms with Crippen molar-refractivity contribution in [1.29, 1.82) is 0 Å². The molecule has 0 atom stereocenters. The third-order valence-corrected chi connectivity index (χ3v) is 1.99. The third-order valence-electron chi connectivity index (χ3n) is 1.99. The molecule has 1 aliphatic carbocycles. The minimum absolute atomic E-state index is 0. The molecule has 0 saturated heterocycles. The molecule has 0 aliphatic heterocycles. The Kier molecular flexibility index (Phi) is 3.29. The van der Waals surface area contributed by atoms with E-state index in [2.05, 4.69) is 0 Å². The number of aliphatic carboxylic acids is 2. The van der Waals surface area contributed by atoms with Gasteiger partial charge in [0.1, 0.15) is 0 Å². The maximum Gasteiger partial charge on any atom is 0.0532 e. The Hall–Kier alpha value is -0.320. The minimum Gasteiger partial charge on any atom is -0.549 e. The van der Waals surface area contributed by atoms with Crippen LogP contribution in [0.1, 0.15) is 19.3 Å². The standard InChI is InChI=1S/C6H8O4.Ag/c7-4(8)6(5(9)10)2-1-3-6;/h1-3H2,(H,7,8)(H,9,10);/p-2. The molecule has 1 rings (SSSR count). The quantitative estimate of drug-likeness (QED) is 0.406. The van der Waals surface area contributed by atoms with Crippen molar-refractivity contribution in [2.45, 2.75) is 19.3 Å². The summed E-state index contributed by atoms with van der Waals surface area (Å²) in [6.07, 6.45) is 0.928. The fraction of sp³-hybridized carbons (Fsp3) is 0.667. The smallest absolute Gasteiger partial charge is 0.0532 e. The van der Waals surface area contributed by atoms with Crippen LogP contribution in [0.25, 0.3) is 0 Å². The number of carboxylic acid groups (broad SMARTS) is 2. The predicted molar refractivity (Wildman–Crippen MR) is 26.3 cm³/mol. The van der Waals surface area contributed by atoms with Gasteiger partial charge in [0, 0.05) is 27.8 Å². The molecule has 0 heterocycles. The summed E-state index contributed by atoms with van der Waals surface area (Å²) >= 11 is 0. The first-order valence-corrected chi connectivity index (χ1v) is 3.02. The van der Waals surface area contributed by atoms with E-state index in [0.717, 1.165) is 0 Å². The summed E-state index contributed by atoms with van der Waals surface area (Å²) < 4.78 is 0. The second kappa shape index (κ2) is 3.38. The number of hydrogen-bond acceptors (Lipinski definition) is 4. The first-order valence-electron chi connectivity index (χ1n) is 3.02. The molecule has 0 spiro atoms. The zero-order chi connectivity index (χ0) is 7.78. The Morgan fingerprint density at radius 1 is 1.09 bits per heavy atom. The van der Waals surface area contributed by atoms with Crippen molar-refractivity contribution < 1.29 is 42.2 Å². The van der Waals surface area contributed by atoms with Gasteiger partial charge in [-0.2, -0.15) is 0 Å². The predicted octanol–water partition coefficient (Wildman–Crippen LogP) is -2.35. The van der Waals surface area contributed by atoms with Crippen LogP contribution < -0.4 is 10.2 Å². The summed E-state index contributed by atoms with van der Waals surface area (Å²) in [5, 5.41) is 20.4. The number of hydrogen-bond donors (Lipinski definition) is 0. The number of carboxylic acids is 2. The van der Waals surface area contributed by atoms with E-state index in [1.807, 2.05) is 0 Å². The van der Waals surface area contributed by atoms with E-state index in [1.54, 1.807) is 0 Å². The fourth-order valence-corrected chi connectivity index (χ4v) is 1.02. The number of carbonyl (C=O) groups is 2. The maximum absolute atomic E-state index is 10.2. The van der Waals surface area contributed by atoms with Gasteiger partial charge in [0.2, 0.25) is 0 Å². The number of carbonyl (C=O) groups excluding carboxylic acids is 2. The normalized spacial score (nSPS) is 19.3. The van der Waals surface area contributed by atoms with Gasteiger partial charge in [0.05, 0.1) is 11.9 Å². The monoisotopic (exact) mass is 249 g/mol. The van der Waals surface area contributed by atoms with E-state index < -0.39 is 17.4 Å². The van der Waals surface area contributed by atoms with Crippen LogP contribution >= 0.6 is 0 Å². The summed E-state index contributed by atoms with van der Waals surface area (Å²) in [7, 11) is 0. The van der Waals surface area contributed by atoms with Gasteiger partial charge >= 0.3 is 0 Å². The van der Waals surface area contributed by atoms with Crippen LogP contribution in [0.5, 0.6) is 0 Å². The zero-order valence-electron chi connectivity index (χ0n) is 5.56. The average molecular weight is 250 g/mol. The molecule has 0 unspecified atom stereocenters. The van der Waals surface area contributed by atoms with Gasteiger partial charge in [0.25, 0.3) is 0 Å². The Balaban J connectivity index is 0.000001000. The summed E-state index contributed by atoms with van der Waals surface area (Å²) in [6.45, 7) is 0.